The number of nitrogens with one attached hydrogen (secondary N) is 1. The van der Waals surface area contributed by atoms with Crippen LogP contribution in [-0.4, -0.2) is 25.5 Å². The maximum Gasteiger partial charge on any atom is 0.262 e. The molecule has 1 aromatic carbocycles. The smallest absolute Gasteiger partial charge is 0.262 e. The number of ether oxygens (including phenoxy) is 1. The topological polar surface area (TPSA) is 58.6 Å². The van der Waals surface area contributed by atoms with Gasteiger partial charge in [-0.2, -0.15) is 0 Å². The molecule has 0 saturated carbocycles. The van der Waals surface area contributed by atoms with E-state index in [0.29, 0.717) is 11.4 Å². The molecule has 2 rings (SSSR count). The van der Waals surface area contributed by atoms with E-state index in [1.165, 1.54) is 11.8 Å². The predicted molar refractivity (Wildman–Crippen MR) is 59.7 cm³/mol. The minimum absolute atomic E-state index is 0.0366. The van der Waals surface area contributed by atoms with Crippen molar-refractivity contribution in [3.05, 3.63) is 18.2 Å². The Morgan fingerprint density at radius 2 is 2.25 bits per heavy atom. The van der Waals surface area contributed by atoms with Crippen molar-refractivity contribution in [1.29, 1.82) is 0 Å². The molecule has 84 valence electrons. The average Bonchev–Trinajstić information content (AvgIpc) is 2.26. The van der Waals surface area contributed by atoms with Crippen LogP contribution in [0.5, 0.6) is 5.75 Å². The summed E-state index contributed by atoms with van der Waals surface area (Å²) < 4.78 is 5.22. The Hall–Kier alpha value is -2.04. The molecule has 1 N–H and O–H groups in total. The standard InChI is InChI=1S/C11H12N2O3/c1-7(14)13(2)8-3-4-10-9(5-8)12-11(15)6-16-10/h3-5H,6H2,1-2H3,(H,12,15). The summed E-state index contributed by atoms with van der Waals surface area (Å²) in [6, 6.07) is 5.23. The summed E-state index contributed by atoms with van der Waals surface area (Å²) in [5.74, 6) is 0.374. The SMILES string of the molecule is CC(=O)N(C)c1ccc2c(c1)NC(=O)CO2. The highest BCUT2D eigenvalue weighted by atomic mass is 16.5. The van der Waals surface area contributed by atoms with Gasteiger partial charge >= 0.3 is 0 Å². The third kappa shape index (κ3) is 1.84. The van der Waals surface area contributed by atoms with E-state index in [-0.39, 0.29) is 18.4 Å². The molecule has 5 heteroatoms. The minimum Gasteiger partial charge on any atom is -0.482 e. The molecule has 2 amide bonds. The monoisotopic (exact) mass is 220 g/mol. The van der Waals surface area contributed by atoms with Gasteiger partial charge in [0.1, 0.15) is 5.75 Å². The number of nitrogens with zero attached hydrogens (tertiary/aromatic N) is 1. The van der Waals surface area contributed by atoms with E-state index in [4.69, 9.17) is 4.74 Å². The summed E-state index contributed by atoms with van der Waals surface area (Å²) in [4.78, 5) is 23.8. The fourth-order valence-corrected chi connectivity index (χ4v) is 1.46. The summed E-state index contributed by atoms with van der Waals surface area (Å²) in [6.07, 6.45) is 0. The number of benzene rings is 1. The van der Waals surface area contributed by atoms with Crippen molar-refractivity contribution in [2.75, 3.05) is 23.9 Å². The second-order valence-electron chi connectivity index (χ2n) is 3.60. The second kappa shape index (κ2) is 3.84. The van der Waals surface area contributed by atoms with Gasteiger partial charge in [-0.15, -0.1) is 0 Å². The van der Waals surface area contributed by atoms with Crippen LogP contribution in [0.15, 0.2) is 18.2 Å². The Balaban J connectivity index is 2.34. The van der Waals surface area contributed by atoms with Crippen LogP contribution < -0.4 is 15.0 Å². The first kappa shape index (κ1) is 10.5. The van der Waals surface area contributed by atoms with Crippen LogP contribution in [0.1, 0.15) is 6.92 Å². The fraction of sp³-hybridized carbons (Fsp3) is 0.273. The largest absolute Gasteiger partial charge is 0.482 e. The van der Waals surface area contributed by atoms with Crippen LogP contribution in [0.2, 0.25) is 0 Å². The molecule has 16 heavy (non-hydrogen) atoms. The van der Waals surface area contributed by atoms with Crippen molar-refractivity contribution in [2.45, 2.75) is 6.92 Å². The van der Waals surface area contributed by atoms with Crippen molar-refractivity contribution in [2.24, 2.45) is 0 Å². The van der Waals surface area contributed by atoms with Crippen molar-refractivity contribution in [3.8, 4) is 5.75 Å². The Bertz CT molecular complexity index is 457. The molecule has 0 spiro atoms. The molecule has 0 fully saturated rings. The van der Waals surface area contributed by atoms with E-state index in [0.717, 1.165) is 5.69 Å². The summed E-state index contributed by atoms with van der Waals surface area (Å²) in [6.45, 7) is 1.52. The lowest BCUT2D eigenvalue weighted by atomic mass is 10.2. The van der Waals surface area contributed by atoms with Crippen LogP contribution in [0.4, 0.5) is 11.4 Å². The fourth-order valence-electron chi connectivity index (χ4n) is 1.46. The van der Waals surface area contributed by atoms with Gasteiger partial charge in [0.2, 0.25) is 5.91 Å². The van der Waals surface area contributed by atoms with Gasteiger partial charge in [-0.25, -0.2) is 0 Å². The van der Waals surface area contributed by atoms with Crippen molar-refractivity contribution < 1.29 is 14.3 Å². The summed E-state index contributed by atoms with van der Waals surface area (Å²) >= 11 is 0. The number of hydrogen-bond acceptors (Lipinski definition) is 3. The second-order valence-corrected chi connectivity index (χ2v) is 3.60. The van der Waals surface area contributed by atoms with Gasteiger partial charge in [0, 0.05) is 19.7 Å². The molecular formula is C11H12N2O3. The van der Waals surface area contributed by atoms with Crippen LogP contribution in [0, 0.1) is 0 Å². The van der Waals surface area contributed by atoms with Gasteiger partial charge in [-0.3, -0.25) is 9.59 Å². The van der Waals surface area contributed by atoms with Crippen LogP contribution in [0.3, 0.4) is 0 Å². The summed E-state index contributed by atoms with van der Waals surface area (Å²) in [5.41, 5.74) is 1.32. The highest BCUT2D eigenvalue weighted by Crippen LogP contribution is 2.31. The zero-order valence-corrected chi connectivity index (χ0v) is 9.11. The maximum absolute atomic E-state index is 11.2. The van der Waals surface area contributed by atoms with Crippen molar-refractivity contribution >= 4 is 23.2 Å². The number of rotatable bonds is 1. The lowest BCUT2D eigenvalue weighted by molar-refractivity contribution is -0.118. The highest BCUT2D eigenvalue weighted by molar-refractivity contribution is 5.97. The molecule has 0 unspecified atom stereocenters. The highest BCUT2D eigenvalue weighted by Gasteiger charge is 2.17. The molecule has 0 aromatic heterocycles. The first-order chi connectivity index (χ1) is 7.58. The third-order valence-corrected chi connectivity index (χ3v) is 2.46. The zero-order valence-electron chi connectivity index (χ0n) is 9.11. The van der Waals surface area contributed by atoms with Gasteiger partial charge in [0.05, 0.1) is 5.69 Å². The van der Waals surface area contributed by atoms with Crippen molar-refractivity contribution in [3.63, 3.8) is 0 Å². The van der Waals surface area contributed by atoms with Gasteiger partial charge < -0.3 is 15.0 Å². The Labute approximate surface area is 93.0 Å². The third-order valence-electron chi connectivity index (χ3n) is 2.46. The number of carbonyl (C=O) groups is 2. The quantitative estimate of drug-likeness (QED) is 0.768. The molecule has 0 saturated heterocycles. The van der Waals surface area contributed by atoms with E-state index in [9.17, 15) is 9.59 Å². The molecule has 0 atom stereocenters. The normalized spacial score (nSPS) is 13.5. The number of fused-ring (bicyclic) bond motifs is 1. The maximum atomic E-state index is 11.2. The van der Waals surface area contributed by atoms with E-state index < -0.39 is 0 Å². The Morgan fingerprint density at radius 3 is 2.94 bits per heavy atom. The molecule has 1 aliphatic heterocycles. The van der Waals surface area contributed by atoms with Crippen molar-refractivity contribution in [1.82, 2.24) is 0 Å². The van der Waals surface area contributed by atoms with Gasteiger partial charge in [0.25, 0.3) is 5.91 Å². The van der Waals surface area contributed by atoms with Crippen LogP contribution in [-0.2, 0) is 9.59 Å². The molecule has 1 aromatic rings. The summed E-state index contributed by atoms with van der Waals surface area (Å²) in [7, 11) is 1.68. The molecule has 0 aliphatic carbocycles. The lowest BCUT2D eigenvalue weighted by Gasteiger charge is -2.21. The minimum atomic E-state index is -0.185. The predicted octanol–water partition coefficient (Wildman–Crippen LogP) is 1.00. The van der Waals surface area contributed by atoms with E-state index in [1.54, 1.807) is 25.2 Å². The molecular weight excluding hydrogens is 208 g/mol. The Morgan fingerprint density at radius 1 is 1.50 bits per heavy atom. The van der Waals surface area contributed by atoms with Gasteiger partial charge in [-0.1, -0.05) is 0 Å². The molecule has 1 aliphatic rings. The lowest BCUT2D eigenvalue weighted by Crippen LogP contribution is -2.26. The molecule has 0 radical (unpaired) electrons. The molecule has 5 nitrogen and oxygen atoms in total. The number of anilines is 2. The average molecular weight is 220 g/mol. The first-order valence-corrected chi connectivity index (χ1v) is 4.89. The zero-order chi connectivity index (χ0) is 11.7. The van der Waals surface area contributed by atoms with E-state index in [2.05, 4.69) is 5.32 Å². The Kier molecular flexibility index (Phi) is 2.52. The number of carbonyl (C=O) groups excluding carboxylic acids is 2. The number of amides is 2. The summed E-state index contributed by atoms with van der Waals surface area (Å²) in [5, 5.41) is 2.69. The molecule has 1 heterocycles. The van der Waals surface area contributed by atoms with Crippen LogP contribution in [0.25, 0.3) is 0 Å². The molecule has 0 bridgehead atoms. The number of hydrogen-bond donors (Lipinski definition) is 1. The van der Waals surface area contributed by atoms with Gasteiger partial charge in [-0.05, 0) is 18.2 Å². The van der Waals surface area contributed by atoms with E-state index in [1.807, 2.05) is 0 Å². The van der Waals surface area contributed by atoms with E-state index >= 15 is 0 Å². The first-order valence-electron chi connectivity index (χ1n) is 4.89. The van der Waals surface area contributed by atoms with Crippen LogP contribution >= 0.6 is 0 Å². The van der Waals surface area contributed by atoms with Gasteiger partial charge in [0.15, 0.2) is 6.61 Å².